The lowest BCUT2D eigenvalue weighted by molar-refractivity contribution is -0.138. The minimum atomic E-state index is -0.688. The van der Waals surface area contributed by atoms with Crippen LogP contribution in [0.2, 0.25) is 0 Å². The van der Waals surface area contributed by atoms with Gasteiger partial charge in [0.1, 0.15) is 0 Å². The third-order valence-corrected chi connectivity index (χ3v) is 3.72. The summed E-state index contributed by atoms with van der Waals surface area (Å²) in [6, 6.07) is 14.5. The van der Waals surface area contributed by atoms with Gasteiger partial charge in [-0.25, -0.2) is 0 Å². The molecule has 1 aliphatic carbocycles. The summed E-state index contributed by atoms with van der Waals surface area (Å²) in [5.74, 6) is -0.902. The first kappa shape index (κ1) is 11.1. The molecule has 0 bridgehead atoms. The van der Waals surface area contributed by atoms with E-state index in [0.717, 1.165) is 12.1 Å². The molecule has 2 unspecified atom stereocenters. The van der Waals surface area contributed by atoms with Crippen molar-refractivity contribution in [1.29, 1.82) is 0 Å². The third kappa shape index (κ3) is 1.72. The van der Waals surface area contributed by atoms with Crippen molar-refractivity contribution >= 4 is 22.4 Å². The Labute approximate surface area is 106 Å². The fourth-order valence-electron chi connectivity index (χ4n) is 2.57. The zero-order valence-corrected chi connectivity index (χ0v) is 10.2. The molecule has 1 fully saturated rings. The van der Waals surface area contributed by atoms with E-state index >= 15 is 0 Å². The average molecular weight is 241 g/mol. The summed E-state index contributed by atoms with van der Waals surface area (Å²) >= 11 is 0. The van der Waals surface area contributed by atoms with Gasteiger partial charge in [-0.05, 0) is 17.9 Å². The standard InChI is InChI=1S/C15H15NO2/c1-16(14-9-12(14)15(17)18)13-8-4-6-10-5-2-3-7-11(10)13/h2-8,12,14H,9H2,1H3,(H,17,18). The van der Waals surface area contributed by atoms with Gasteiger partial charge in [0.25, 0.3) is 0 Å². The van der Waals surface area contributed by atoms with E-state index in [1.54, 1.807) is 0 Å². The van der Waals surface area contributed by atoms with Crippen molar-refractivity contribution in [3.8, 4) is 0 Å². The monoisotopic (exact) mass is 241 g/mol. The number of carboxylic acid groups (broad SMARTS) is 1. The quantitative estimate of drug-likeness (QED) is 0.898. The van der Waals surface area contributed by atoms with Crippen LogP contribution in [0.5, 0.6) is 0 Å². The zero-order chi connectivity index (χ0) is 12.7. The lowest BCUT2D eigenvalue weighted by Gasteiger charge is -2.21. The van der Waals surface area contributed by atoms with Crippen LogP contribution in [0.25, 0.3) is 10.8 Å². The summed E-state index contributed by atoms with van der Waals surface area (Å²) in [6.07, 6.45) is 0.745. The first-order chi connectivity index (χ1) is 8.68. The molecule has 92 valence electrons. The Morgan fingerprint density at radius 1 is 1.22 bits per heavy atom. The van der Waals surface area contributed by atoms with Gasteiger partial charge in [-0.3, -0.25) is 4.79 Å². The molecule has 1 saturated carbocycles. The van der Waals surface area contributed by atoms with Crippen LogP contribution >= 0.6 is 0 Å². The van der Waals surface area contributed by atoms with Crippen LogP contribution in [0.15, 0.2) is 42.5 Å². The molecule has 2 aromatic rings. The van der Waals surface area contributed by atoms with E-state index in [4.69, 9.17) is 5.11 Å². The van der Waals surface area contributed by atoms with E-state index in [9.17, 15) is 4.79 Å². The minimum Gasteiger partial charge on any atom is -0.481 e. The number of anilines is 1. The summed E-state index contributed by atoms with van der Waals surface area (Å²) in [5, 5.41) is 11.4. The summed E-state index contributed by atoms with van der Waals surface area (Å²) in [7, 11) is 1.98. The van der Waals surface area contributed by atoms with Crippen molar-refractivity contribution in [2.45, 2.75) is 12.5 Å². The van der Waals surface area contributed by atoms with Crippen molar-refractivity contribution in [2.75, 3.05) is 11.9 Å². The number of hydrogen-bond donors (Lipinski definition) is 1. The van der Waals surface area contributed by atoms with Gasteiger partial charge in [-0.15, -0.1) is 0 Å². The second-order valence-corrected chi connectivity index (χ2v) is 4.86. The van der Waals surface area contributed by atoms with Gasteiger partial charge in [0.15, 0.2) is 0 Å². The average Bonchev–Trinajstić information content (AvgIpc) is 3.17. The smallest absolute Gasteiger partial charge is 0.308 e. The molecule has 18 heavy (non-hydrogen) atoms. The Morgan fingerprint density at radius 2 is 1.94 bits per heavy atom. The first-order valence-corrected chi connectivity index (χ1v) is 6.12. The molecule has 2 aromatic carbocycles. The molecule has 3 heteroatoms. The Hall–Kier alpha value is -2.03. The van der Waals surface area contributed by atoms with Crippen LogP contribution in [0.3, 0.4) is 0 Å². The molecule has 0 amide bonds. The molecular formula is C15H15NO2. The molecule has 1 N–H and O–H groups in total. The van der Waals surface area contributed by atoms with Crippen molar-refractivity contribution in [2.24, 2.45) is 5.92 Å². The Balaban J connectivity index is 1.97. The van der Waals surface area contributed by atoms with E-state index in [2.05, 4.69) is 29.2 Å². The van der Waals surface area contributed by atoms with Crippen LogP contribution in [0, 0.1) is 5.92 Å². The topological polar surface area (TPSA) is 40.5 Å². The molecule has 0 aliphatic heterocycles. The fourth-order valence-corrected chi connectivity index (χ4v) is 2.57. The highest BCUT2D eigenvalue weighted by atomic mass is 16.4. The number of nitrogens with zero attached hydrogens (tertiary/aromatic N) is 1. The van der Waals surface area contributed by atoms with Crippen LogP contribution in [0.1, 0.15) is 6.42 Å². The molecule has 0 spiro atoms. The van der Waals surface area contributed by atoms with Crippen molar-refractivity contribution in [1.82, 2.24) is 0 Å². The predicted molar refractivity (Wildman–Crippen MR) is 71.9 cm³/mol. The zero-order valence-electron chi connectivity index (χ0n) is 10.2. The first-order valence-electron chi connectivity index (χ1n) is 6.12. The van der Waals surface area contributed by atoms with Gasteiger partial charge in [-0.2, -0.15) is 0 Å². The highest BCUT2D eigenvalue weighted by Crippen LogP contribution is 2.39. The van der Waals surface area contributed by atoms with E-state index in [-0.39, 0.29) is 12.0 Å². The molecule has 0 radical (unpaired) electrons. The molecule has 0 heterocycles. The van der Waals surface area contributed by atoms with E-state index < -0.39 is 5.97 Å². The molecule has 2 atom stereocenters. The number of hydrogen-bond acceptors (Lipinski definition) is 2. The van der Waals surface area contributed by atoms with Gasteiger partial charge in [0.05, 0.1) is 5.92 Å². The number of aliphatic carboxylic acids is 1. The number of rotatable bonds is 3. The molecular weight excluding hydrogens is 226 g/mol. The minimum absolute atomic E-state index is 0.133. The third-order valence-electron chi connectivity index (χ3n) is 3.72. The number of benzene rings is 2. The second-order valence-electron chi connectivity index (χ2n) is 4.86. The van der Waals surface area contributed by atoms with Crippen molar-refractivity contribution in [3.05, 3.63) is 42.5 Å². The van der Waals surface area contributed by atoms with Crippen LogP contribution in [-0.2, 0) is 4.79 Å². The van der Waals surface area contributed by atoms with Gasteiger partial charge < -0.3 is 10.0 Å². The molecule has 0 aromatic heterocycles. The summed E-state index contributed by atoms with van der Waals surface area (Å²) in [6.45, 7) is 0. The van der Waals surface area contributed by atoms with E-state index in [1.165, 1.54) is 10.8 Å². The van der Waals surface area contributed by atoms with Gasteiger partial charge in [-0.1, -0.05) is 36.4 Å². The largest absolute Gasteiger partial charge is 0.481 e. The van der Waals surface area contributed by atoms with Gasteiger partial charge in [0.2, 0.25) is 0 Å². The summed E-state index contributed by atoms with van der Waals surface area (Å²) in [5.41, 5.74) is 1.11. The lowest BCUT2D eigenvalue weighted by Crippen LogP contribution is -2.23. The van der Waals surface area contributed by atoms with Crippen LogP contribution in [-0.4, -0.2) is 24.2 Å². The molecule has 3 nitrogen and oxygen atoms in total. The molecule has 1 aliphatic rings. The van der Waals surface area contributed by atoms with Gasteiger partial charge in [0, 0.05) is 24.2 Å². The fraction of sp³-hybridized carbons (Fsp3) is 0.267. The van der Waals surface area contributed by atoms with Gasteiger partial charge >= 0.3 is 5.97 Å². The Bertz CT molecular complexity index is 603. The summed E-state index contributed by atoms with van der Waals surface area (Å²) in [4.78, 5) is 13.0. The predicted octanol–water partition coefficient (Wildman–Crippen LogP) is 2.75. The second kappa shape index (κ2) is 4.02. The summed E-state index contributed by atoms with van der Waals surface area (Å²) < 4.78 is 0. The van der Waals surface area contributed by atoms with Crippen LogP contribution in [0.4, 0.5) is 5.69 Å². The highest BCUT2D eigenvalue weighted by molar-refractivity contribution is 5.94. The highest BCUT2D eigenvalue weighted by Gasteiger charge is 2.46. The maximum Gasteiger partial charge on any atom is 0.308 e. The maximum atomic E-state index is 10.9. The normalized spacial score (nSPS) is 21.8. The number of carboxylic acids is 1. The molecule has 3 rings (SSSR count). The van der Waals surface area contributed by atoms with Crippen molar-refractivity contribution in [3.63, 3.8) is 0 Å². The lowest BCUT2D eigenvalue weighted by atomic mass is 10.1. The number of fused-ring (bicyclic) bond motifs is 1. The van der Waals surface area contributed by atoms with E-state index in [0.29, 0.717) is 0 Å². The number of carbonyl (C=O) groups is 1. The Kier molecular flexibility index (Phi) is 2.47. The molecule has 0 saturated heterocycles. The maximum absolute atomic E-state index is 10.9. The Morgan fingerprint density at radius 3 is 2.67 bits per heavy atom. The van der Waals surface area contributed by atoms with Crippen LogP contribution < -0.4 is 4.90 Å². The van der Waals surface area contributed by atoms with Crippen molar-refractivity contribution < 1.29 is 9.90 Å². The van der Waals surface area contributed by atoms with E-state index in [1.807, 2.05) is 25.2 Å². The SMILES string of the molecule is CN(c1cccc2ccccc12)C1CC1C(=O)O.